The van der Waals surface area contributed by atoms with Gasteiger partial charge < -0.3 is 14.6 Å². The lowest BCUT2D eigenvalue weighted by Crippen LogP contribution is -2.22. The van der Waals surface area contributed by atoms with E-state index in [4.69, 9.17) is 21.1 Å². The van der Waals surface area contributed by atoms with Gasteiger partial charge in [0.1, 0.15) is 23.1 Å². The van der Waals surface area contributed by atoms with Crippen molar-refractivity contribution in [2.75, 3.05) is 20.8 Å². The Morgan fingerprint density at radius 3 is 2.70 bits per heavy atom. The standard InChI is InChI=1S/C18H19ClN4O4/c1-11-13(10-20)17(24)23(7-4-8-26-2)18(25)16(11)22-21-14-9-12(19)5-6-15(14)27-3/h5-6,9,24H,4,7-8H2,1-3H3. The van der Waals surface area contributed by atoms with Gasteiger partial charge in [-0.25, -0.2) is 0 Å². The number of ether oxygens (including phenoxy) is 2. The quantitative estimate of drug-likeness (QED) is 0.570. The van der Waals surface area contributed by atoms with Crippen LogP contribution in [0.5, 0.6) is 11.6 Å². The lowest BCUT2D eigenvalue weighted by Gasteiger charge is -2.12. The molecule has 0 spiro atoms. The summed E-state index contributed by atoms with van der Waals surface area (Å²) in [6.07, 6.45) is 0.483. The van der Waals surface area contributed by atoms with E-state index in [1.165, 1.54) is 21.1 Å². The summed E-state index contributed by atoms with van der Waals surface area (Å²) in [5.74, 6) is 0.0379. The van der Waals surface area contributed by atoms with Gasteiger partial charge in [0.05, 0.1) is 7.11 Å². The minimum atomic E-state index is -0.551. The van der Waals surface area contributed by atoms with Crippen LogP contribution in [0.3, 0.4) is 0 Å². The molecule has 2 aromatic rings. The molecule has 0 aliphatic rings. The Labute approximate surface area is 161 Å². The van der Waals surface area contributed by atoms with E-state index < -0.39 is 11.4 Å². The minimum absolute atomic E-state index is 0.0287. The first-order valence-electron chi connectivity index (χ1n) is 8.05. The zero-order chi connectivity index (χ0) is 20.0. The Balaban J connectivity index is 2.56. The van der Waals surface area contributed by atoms with Gasteiger partial charge in [-0.1, -0.05) is 11.6 Å². The molecule has 27 heavy (non-hydrogen) atoms. The highest BCUT2D eigenvalue weighted by Crippen LogP contribution is 2.32. The summed E-state index contributed by atoms with van der Waals surface area (Å²) >= 11 is 5.97. The fourth-order valence-corrected chi connectivity index (χ4v) is 2.64. The largest absolute Gasteiger partial charge is 0.494 e. The molecule has 0 bridgehead atoms. The SMILES string of the molecule is COCCCn1c(O)c(C#N)c(C)c(N=Nc2cc(Cl)ccc2OC)c1=O. The Kier molecular flexibility index (Phi) is 6.93. The highest BCUT2D eigenvalue weighted by atomic mass is 35.5. The van der Waals surface area contributed by atoms with Gasteiger partial charge in [-0.2, -0.15) is 5.26 Å². The molecule has 8 nitrogen and oxygen atoms in total. The number of hydrogen-bond donors (Lipinski definition) is 1. The van der Waals surface area contributed by atoms with Gasteiger partial charge in [-0.05, 0) is 31.5 Å². The van der Waals surface area contributed by atoms with Crippen molar-refractivity contribution in [3.8, 4) is 17.7 Å². The Hall–Kier alpha value is -2.89. The summed E-state index contributed by atoms with van der Waals surface area (Å²) < 4.78 is 11.3. The third-order valence-electron chi connectivity index (χ3n) is 3.90. The van der Waals surface area contributed by atoms with Crippen molar-refractivity contribution in [3.05, 3.63) is 44.7 Å². The van der Waals surface area contributed by atoms with E-state index in [2.05, 4.69) is 10.2 Å². The lowest BCUT2D eigenvalue weighted by atomic mass is 10.1. The maximum Gasteiger partial charge on any atom is 0.281 e. The van der Waals surface area contributed by atoms with E-state index in [0.29, 0.717) is 29.5 Å². The molecule has 0 radical (unpaired) electrons. The molecule has 0 aliphatic heterocycles. The van der Waals surface area contributed by atoms with Crippen LogP contribution in [-0.2, 0) is 11.3 Å². The molecular formula is C18H19ClN4O4. The van der Waals surface area contributed by atoms with Gasteiger partial charge in [0, 0.05) is 30.8 Å². The maximum absolute atomic E-state index is 12.8. The number of nitrogens with zero attached hydrogens (tertiary/aromatic N) is 4. The third-order valence-corrected chi connectivity index (χ3v) is 4.13. The molecule has 0 aliphatic carbocycles. The third kappa shape index (κ3) is 4.45. The van der Waals surface area contributed by atoms with Crippen molar-refractivity contribution in [3.63, 3.8) is 0 Å². The molecule has 0 saturated carbocycles. The minimum Gasteiger partial charge on any atom is -0.494 e. The van der Waals surface area contributed by atoms with Crippen LogP contribution in [0.25, 0.3) is 0 Å². The molecule has 0 amide bonds. The lowest BCUT2D eigenvalue weighted by molar-refractivity contribution is 0.188. The summed E-state index contributed by atoms with van der Waals surface area (Å²) in [7, 11) is 3.02. The summed E-state index contributed by atoms with van der Waals surface area (Å²) in [4.78, 5) is 12.8. The summed E-state index contributed by atoms with van der Waals surface area (Å²) in [6.45, 7) is 2.11. The molecule has 0 fully saturated rings. The normalized spacial score (nSPS) is 10.9. The van der Waals surface area contributed by atoms with Crippen LogP contribution >= 0.6 is 11.6 Å². The Morgan fingerprint density at radius 1 is 1.33 bits per heavy atom. The van der Waals surface area contributed by atoms with E-state index in [1.54, 1.807) is 18.2 Å². The molecule has 1 heterocycles. The summed E-state index contributed by atoms with van der Waals surface area (Å²) in [5, 5.41) is 28.1. The molecule has 1 aromatic carbocycles. The fraction of sp³-hybridized carbons (Fsp3) is 0.333. The number of pyridine rings is 1. The zero-order valence-corrected chi connectivity index (χ0v) is 15.9. The Morgan fingerprint density at radius 2 is 2.07 bits per heavy atom. The van der Waals surface area contributed by atoms with E-state index in [0.717, 1.165) is 4.57 Å². The van der Waals surface area contributed by atoms with E-state index in [-0.39, 0.29) is 23.4 Å². The zero-order valence-electron chi connectivity index (χ0n) is 15.2. The fourth-order valence-electron chi connectivity index (χ4n) is 2.48. The van der Waals surface area contributed by atoms with Gasteiger partial charge in [0.15, 0.2) is 5.69 Å². The number of rotatable bonds is 7. The second-order valence-electron chi connectivity index (χ2n) is 5.60. The number of azo groups is 1. The monoisotopic (exact) mass is 390 g/mol. The number of methoxy groups -OCH3 is 2. The average molecular weight is 391 g/mol. The number of benzene rings is 1. The first-order chi connectivity index (χ1) is 12.9. The number of aromatic hydroxyl groups is 1. The van der Waals surface area contributed by atoms with Crippen LogP contribution in [0.15, 0.2) is 33.2 Å². The van der Waals surface area contributed by atoms with Crippen molar-refractivity contribution in [2.24, 2.45) is 10.2 Å². The van der Waals surface area contributed by atoms with E-state index >= 15 is 0 Å². The molecule has 2 rings (SSSR count). The highest BCUT2D eigenvalue weighted by molar-refractivity contribution is 6.30. The van der Waals surface area contributed by atoms with Crippen molar-refractivity contribution >= 4 is 23.0 Å². The number of nitriles is 1. The number of aromatic nitrogens is 1. The van der Waals surface area contributed by atoms with Crippen LogP contribution in [0.4, 0.5) is 11.4 Å². The van der Waals surface area contributed by atoms with Crippen molar-refractivity contribution in [2.45, 2.75) is 19.9 Å². The topological polar surface area (TPSA) is 109 Å². The molecule has 0 saturated heterocycles. The van der Waals surface area contributed by atoms with Crippen LogP contribution in [0, 0.1) is 18.3 Å². The molecule has 1 N–H and O–H groups in total. The van der Waals surface area contributed by atoms with Crippen molar-refractivity contribution < 1.29 is 14.6 Å². The summed E-state index contributed by atoms with van der Waals surface area (Å²) in [6, 6.07) is 6.72. The van der Waals surface area contributed by atoms with Crippen LogP contribution < -0.4 is 10.3 Å². The van der Waals surface area contributed by atoms with Gasteiger partial charge in [0.2, 0.25) is 5.88 Å². The van der Waals surface area contributed by atoms with Gasteiger partial charge in [-0.15, -0.1) is 10.2 Å². The second-order valence-corrected chi connectivity index (χ2v) is 6.04. The molecule has 0 unspecified atom stereocenters. The smallest absolute Gasteiger partial charge is 0.281 e. The van der Waals surface area contributed by atoms with Gasteiger partial charge in [0.25, 0.3) is 5.56 Å². The number of hydrogen-bond acceptors (Lipinski definition) is 7. The maximum atomic E-state index is 12.8. The molecule has 1 aromatic heterocycles. The predicted molar refractivity (Wildman–Crippen MR) is 100 cm³/mol. The van der Waals surface area contributed by atoms with Gasteiger partial charge in [-0.3, -0.25) is 9.36 Å². The molecule has 9 heteroatoms. The first-order valence-corrected chi connectivity index (χ1v) is 8.43. The molecule has 142 valence electrons. The van der Waals surface area contributed by atoms with Gasteiger partial charge >= 0.3 is 0 Å². The predicted octanol–water partition coefficient (Wildman–Crippen LogP) is 3.85. The van der Waals surface area contributed by atoms with E-state index in [1.807, 2.05) is 6.07 Å². The van der Waals surface area contributed by atoms with Crippen molar-refractivity contribution in [1.82, 2.24) is 4.57 Å². The molecular weight excluding hydrogens is 372 g/mol. The molecule has 0 atom stereocenters. The summed E-state index contributed by atoms with van der Waals surface area (Å²) in [5.41, 5.74) is -0.0401. The number of halogens is 1. The first kappa shape index (κ1) is 20.4. The Bertz CT molecular complexity index is 963. The van der Waals surface area contributed by atoms with Crippen LogP contribution in [0.1, 0.15) is 17.5 Å². The van der Waals surface area contributed by atoms with Crippen LogP contribution in [0.2, 0.25) is 5.02 Å². The second kappa shape index (κ2) is 9.16. The highest BCUT2D eigenvalue weighted by Gasteiger charge is 2.19. The van der Waals surface area contributed by atoms with Crippen molar-refractivity contribution in [1.29, 1.82) is 5.26 Å². The average Bonchev–Trinajstić information content (AvgIpc) is 2.65. The van der Waals surface area contributed by atoms with E-state index in [9.17, 15) is 15.2 Å². The van der Waals surface area contributed by atoms with Crippen LogP contribution in [-0.4, -0.2) is 30.5 Å².